The fourth-order valence-corrected chi connectivity index (χ4v) is 2.79. The molecule has 0 spiro atoms. The number of fused-ring (bicyclic) bond motifs is 1. The Kier molecular flexibility index (Phi) is 3.94. The van der Waals surface area contributed by atoms with Crippen LogP contribution in [0, 0.1) is 5.92 Å². The van der Waals surface area contributed by atoms with Gasteiger partial charge in [0.15, 0.2) is 10.8 Å². The van der Waals surface area contributed by atoms with Crippen molar-refractivity contribution in [2.24, 2.45) is 5.92 Å². The summed E-state index contributed by atoms with van der Waals surface area (Å²) < 4.78 is 2.08. The minimum Gasteiger partial charge on any atom is -0.358 e. The summed E-state index contributed by atoms with van der Waals surface area (Å²) in [4.78, 5) is 7.87. The molecule has 0 saturated heterocycles. The van der Waals surface area contributed by atoms with E-state index in [1.165, 1.54) is 6.42 Å². The fourth-order valence-electron chi connectivity index (χ4n) is 1.81. The Morgan fingerprint density at radius 3 is 2.94 bits per heavy atom. The van der Waals surface area contributed by atoms with Crippen molar-refractivity contribution in [3.8, 4) is 0 Å². The molecule has 94 valence electrons. The standard InChI is InChI=1S/C12H18ClN3S/c1-9(2)4-5-15(3)11-10(8-13)16-6-7-17-12(16)14-11/h6-7,9H,4-5,8H2,1-3H3. The van der Waals surface area contributed by atoms with Crippen LogP contribution in [0.4, 0.5) is 5.82 Å². The molecular formula is C12H18ClN3S. The van der Waals surface area contributed by atoms with Gasteiger partial charge >= 0.3 is 0 Å². The Hall–Kier alpha value is -0.740. The van der Waals surface area contributed by atoms with Crippen LogP contribution in [0.1, 0.15) is 26.0 Å². The zero-order valence-corrected chi connectivity index (χ0v) is 12.1. The predicted molar refractivity (Wildman–Crippen MR) is 75.4 cm³/mol. The van der Waals surface area contributed by atoms with E-state index in [1.807, 2.05) is 11.6 Å². The first-order chi connectivity index (χ1) is 8.13. The lowest BCUT2D eigenvalue weighted by Crippen LogP contribution is -2.21. The minimum atomic E-state index is 0.499. The first kappa shape index (κ1) is 12.7. The molecule has 2 aromatic heterocycles. The number of hydrogen-bond acceptors (Lipinski definition) is 3. The van der Waals surface area contributed by atoms with Crippen molar-refractivity contribution in [2.75, 3.05) is 18.5 Å². The van der Waals surface area contributed by atoms with Crippen molar-refractivity contribution in [2.45, 2.75) is 26.1 Å². The summed E-state index contributed by atoms with van der Waals surface area (Å²) >= 11 is 7.68. The highest BCUT2D eigenvalue weighted by Gasteiger charge is 2.15. The van der Waals surface area contributed by atoms with Gasteiger partial charge < -0.3 is 4.90 Å². The first-order valence-electron chi connectivity index (χ1n) is 5.85. The molecule has 0 N–H and O–H groups in total. The number of thiazole rings is 1. The molecule has 5 heteroatoms. The van der Waals surface area contributed by atoms with Gasteiger partial charge in [-0.3, -0.25) is 4.40 Å². The molecule has 0 unspecified atom stereocenters. The van der Waals surface area contributed by atoms with E-state index in [-0.39, 0.29) is 0 Å². The fraction of sp³-hybridized carbons (Fsp3) is 0.583. The molecule has 0 saturated carbocycles. The number of rotatable bonds is 5. The summed E-state index contributed by atoms with van der Waals surface area (Å²) in [5.74, 6) is 2.23. The second-order valence-electron chi connectivity index (χ2n) is 4.68. The number of aromatic nitrogens is 2. The second kappa shape index (κ2) is 5.27. The van der Waals surface area contributed by atoms with Crippen LogP contribution in [0.25, 0.3) is 4.96 Å². The van der Waals surface area contributed by atoms with Gasteiger partial charge in [-0.05, 0) is 12.3 Å². The molecule has 17 heavy (non-hydrogen) atoms. The van der Waals surface area contributed by atoms with E-state index in [4.69, 9.17) is 11.6 Å². The highest BCUT2D eigenvalue weighted by Crippen LogP contribution is 2.25. The molecule has 0 atom stereocenters. The van der Waals surface area contributed by atoms with E-state index in [2.05, 4.69) is 35.2 Å². The summed E-state index contributed by atoms with van der Waals surface area (Å²) in [7, 11) is 2.09. The van der Waals surface area contributed by atoms with Crippen molar-refractivity contribution >= 4 is 33.7 Å². The van der Waals surface area contributed by atoms with Gasteiger partial charge in [0.2, 0.25) is 0 Å². The molecule has 0 radical (unpaired) electrons. The van der Waals surface area contributed by atoms with Gasteiger partial charge in [-0.15, -0.1) is 22.9 Å². The second-order valence-corrected chi connectivity index (χ2v) is 5.82. The molecule has 3 nitrogen and oxygen atoms in total. The maximum absolute atomic E-state index is 6.03. The van der Waals surface area contributed by atoms with Crippen LogP contribution in [0.2, 0.25) is 0 Å². The van der Waals surface area contributed by atoms with Gasteiger partial charge in [0.1, 0.15) is 0 Å². The molecule has 0 aliphatic carbocycles. The smallest absolute Gasteiger partial charge is 0.195 e. The Morgan fingerprint density at radius 1 is 1.53 bits per heavy atom. The SMILES string of the molecule is CC(C)CCN(C)c1nc2sccn2c1CCl. The number of hydrogen-bond donors (Lipinski definition) is 0. The van der Waals surface area contributed by atoms with Crippen molar-refractivity contribution in [1.29, 1.82) is 0 Å². The molecule has 0 fully saturated rings. The maximum atomic E-state index is 6.03. The number of anilines is 1. The lowest BCUT2D eigenvalue weighted by Gasteiger charge is -2.18. The summed E-state index contributed by atoms with van der Waals surface area (Å²) in [6.45, 7) is 5.50. The van der Waals surface area contributed by atoms with Crippen molar-refractivity contribution in [3.05, 3.63) is 17.3 Å². The third kappa shape index (κ3) is 2.58. The topological polar surface area (TPSA) is 20.5 Å². The average Bonchev–Trinajstić information content (AvgIpc) is 2.84. The number of imidazole rings is 1. The van der Waals surface area contributed by atoms with Gasteiger partial charge in [0.05, 0.1) is 11.6 Å². The monoisotopic (exact) mass is 271 g/mol. The Morgan fingerprint density at radius 2 is 2.29 bits per heavy atom. The van der Waals surface area contributed by atoms with Crippen molar-refractivity contribution in [1.82, 2.24) is 9.38 Å². The Balaban J connectivity index is 2.24. The zero-order chi connectivity index (χ0) is 12.4. The summed E-state index contributed by atoms with van der Waals surface area (Å²) in [6, 6.07) is 0. The van der Waals surface area contributed by atoms with Gasteiger partial charge in [-0.25, -0.2) is 4.98 Å². The van der Waals surface area contributed by atoms with Gasteiger partial charge in [0.25, 0.3) is 0 Å². The van der Waals surface area contributed by atoms with E-state index in [0.29, 0.717) is 11.8 Å². The minimum absolute atomic E-state index is 0.499. The van der Waals surface area contributed by atoms with E-state index in [0.717, 1.165) is 23.0 Å². The molecular weight excluding hydrogens is 254 g/mol. The first-order valence-corrected chi connectivity index (χ1v) is 7.26. The molecule has 0 aliphatic rings. The maximum Gasteiger partial charge on any atom is 0.195 e. The highest BCUT2D eigenvalue weighted by molar-refractivity contribution is 7.15. The number of nitrogens with zero attached hydrogens (tertiary/aromatic N) is 3. The molecule has 0 aliphatic heterocycles. The van der Waals surface area contributed by atoms with E-state index >= 15 is 0 Å². The Bertz CT molecular complexity index is 489. The van der Waals surface area contributed by atoms with Gasteiger partial charge in [-0.1, -0.05) is 13.8 Å². The summed E-state index contributed by atoms with van der Waals surface area (Å²) in [6.07, 6.45) is 3.20. The van der Waals surface area contributed by atoms with Crippen molar-refractivity contribution in [3.63, 3.8) is 0 Å². The highest BCUT2D eigenvalue weighted by atomic mass is 35.5. The van der Waals surface area contributed by atoms with E-state index in [9.17, 15) is 0 Å². The predicted octanol–water partition coefficient (Wildman–Crippen LogP) is 3.62. The zero-order valence-electron chi connectivity index (χ0n) is 10.5. The molecule has 0 aromatic carbocycles. The average molecular weight is 272 g/mol. The van der Waals surface area contributed by atoms with E-state index < -0.39 is 0 Å². The molecule has 2 heterocycles. The molecule has 2 rings (SSSR count). The summed E-state index contributed by atoms with van der Waals surface area (Å²) in [5, 5.41) is 2.04. The van der Waals surface area contributed by atoms with Crippen LogP contribution in [-0.2, 0) is 5.88 Å². The molecule has 0 amide bonds. The van der Waals surface area contributed by atoms with Crippen LogP contribution in [-0.4, -0.2) is 23.0 Å². The Labute approximate surface area is 111 Å². The largest absolute Gasteiger partial charge is 0.358 e. The number of halogens is 1. The summed E-state index contributed by atoms with van der Waals surface area (Å²) in [5.41, 5.74) is 1.09. The third-order valence-electron chi connectivity index (χ3n) is 2.87. The molecule has 2 aromatic rings. The van der Waals surface area contributed by atoms with Crippen LogP contribution in [0.15, 0.2) is 11.6 Å². The van der Waals surface area contributed by atoms with Crippen LogP contribution in [0.5, 0.6) is 0 Å². The van der Waals surface area contributed by atoms with Gasteiger partial charge in [0, 0.05) is 25.2 Å². The number of alkyl halides is 1. The quantitative estimate of drug-likeness (QED) is 0.775. The van der Waals surface area contributed by atoms with Crippen LogP contribution < -0.4 is 4.90 Å². The van der Waals surface area contributed by atoms with E-state index in [1.54, 1.807) is 11.3 Å². The molecule has 0 bridgehead atoms. The van der Waals surface area contributed by atoms with Gasteiger partial charge in [-0.2, -0.15) is 0 Å². The third-order valence-corrected chi connectivity index (χ3v) is 3.88. The van der Waals surface area contributed by atoms with Crippen LogP contribution in [0.3, 0.4) is 0 Å². The van der Waals surface area contributed by atoms with Crippen molar-refractivity contribution < 1.29 is 0 Å². The lowest BCUT2D eigenvalue weighted by atomic mass is 10.1. The lowest BCUT2D eigenvalue weighted by molar-refractivity contribution is 0.583. The van der Waals surface area contributed by atoms with Crippen LogP contribution >= 0.6 is 22.9 Å². The normalized spacial score (nSPS) is 11.6.